The minimum Gasteiger partial charge on any atom is -0.464 e. The van der Waals surface area contributed by atoms with Gasteiger partial charge >= 0.3 is 12.2 Å². The highest BCUT2D eigenvalue weighted by Gasteiger charge is 2.41. The number of amides is 4. The third-order valence-corrected chi connectivity index (χ3v) is 15.7. The van der Waals surface area contributed by atoms with Crippen molar-refractivity contribution in [3.8, 4) is 39.5 Å². The van der Waals surface area contributed by atoms with Gasteiger partial charge in [0.15, 0.2) is 0 Å². The van der Waals surface area contributed by atoms with Crippen molar-refractivity contribution in [3.63, 3.8) is 0 Å². The molecule has 6 atom stereocenters. The van der Waals surface area contributed by atoms with Gasteiger partial charge in [-0.2, -0.15) is 0 Å². The smallest absolute Gasteiger partial charge is 0.407 e. The molecule has 7 heterocycles. The van der Waals surface area contributed by atoms with Crippen LogP contribution in [0.25, 0.3) is 44.7 Å². The van der Waals surface area contributed by atoms with Gasteiger partial charge in [0, 0.05) is 46.8 Å². The fourth-order valence-electron chi connectivity index (χ4n) is 10.7. The van der Waals surface area contributed by atoms with Crippen LogP contribution in [0.2, 0.25) is 0 Å². The fraction of sp³-hybridized carbons (Fsp3) is 0.481. The van der Waals surface area contributed by atoms with Crippen molar-refractivity contribution >= 4 is 46.2 Å². The predicted octanol–water partition coefficient (Wildman–Crippen LogP) is 9.54. The highest BCUT2D eigenvalue weighted by atomic mass is 32.1. The number of carbonyl (C=O) groups is 4. The monoisotopic (exact) mass is 970 g/mol. The normalized spacial score (nSPS) is 20.8. The van der Waals surface area contributed by atoms with E-state index in [2.05, 4.69) is 75.4 Å². The third-order valence-electron chi connectivity index (χ3n) is 14.5. The summed E-state index contributed by atoms with van der Waals surface area (Å²) in [5, 5.41) is 7.68. The molecule has 2 unspecified atom stereocenters. The summed E-state index contributed by atoms with van der Waals surface area (Å²) in [6.07, 6.45) is 10.3. The summed E-state index contributed by atoms with van der Waals surface area (Å²) in [4.78, 5) is 79.0. The predicted molar refractivity (Wildman–Crippen MR) is 265 cm³/mol. The van der Waals surface area contributed by atoms with Crippen LogP contribution < -0.4 is 15.4 Å². The number of aromatic nitrogens is 6. The number of carbonyl (C=O) groups excluding carboxylic acids is 4. The number of hydrogen-bond acceptors (Lipinski definition) is 11. The van der Waals surface area contributed by atoms with Crippen LogP contribution in [0.1, 0.15) is 131 Å². The second-order valence-corrected chi connectivity index (χ2v) is 21.1. The van der Waals surface area contributed by atoms with E-state index in [-0.39, 0.29) is 41.8 Å². The number of H-pyrrole nitrogens is 2. The van der Waals surface area contributed by atoms with Crippen LogP contribution in [0.4, 0.5) is 9.59 Å². The van der Waals surface area contributed by atoms with Crippen molar-refractivity contribution in [2.45, 2.75) is 129 Å². The summed E-state index contributed by atoms with van der Waals surface area (Å²) >= 11 is 1.71. The van der Waals surface area contributed by atoms with Gasteiger partial charge in [-0.15, -0.1) is 11.3 Å². The van der Waals surface area contributed by atoms with Crippen molar-refractivity contribution in [2.24, 2.45) is 11.8 Å². The highest BCUT2D eigenvalue weighted by molar-refractivity contribution is 7.11. The molecule has 0 bridgehead atoms. The Morgan fingerprint density at radius 2 is 1.43 bits per heavy atom. The van der Waals surface area contributed by atoms with E-state index in [1.165, 1.54) is 14.2 Å². The van der Waals surface area contributed by atoms with Gasteiger partial charge in [-0.05, 0) is 107 Å². The number of methoxy groups -OCH3 is 2. The fourth-order valence-corrected chi connectivity index (χ4v) is 11.8. The molecule has 4 amide bonds. The molecule has 6 aromatic rings. The maximum atomic E-state index is 14.2. The van der Waals surface area contributed by atoms with Crippen molar-refractivity contribution in [3.05, 3.63) is 82.1 Å². The van der Waals surface area contributed by atoms with Crippen molar-refractivity contribution in [2.75, 3.05) is 20.8 Å². The second kappa shape index (κ2) is 18.9. The number of imidazole rings is 2. The van der Waals surface area contributed by atoms with Gasteiger partial charge in [0.05, 0.1) is 71.2 Å². The van der Waals surface area contributed by atoms with Crippen molar-refractivity contribution in [1.29, 1.82) is 0 Å². The van der Waals surface area contributed by atoms with Crippen molar-refractivity contribution in [1.82, 2.24) is 49.9 Å². The minimum absolute atomic E-state index is 0.0417. The number of benzene rings is 2. The first-order chi connectivity index (χ1) is 33.7. The van der Waals surface area contributed by atoms with Gasteiger partial charge in [0.2, 0.25) is 18.0 Å². The second-order valence-electron chi connectivity index (χ2n) is 20.0. The van der Waals surface area contributed by atoms with E-state index >= 15 is 0 Å². The van der Waals surface area contributed by atoms with E-state index in [4.69, 9.17) is 29.2 Å². The van der Waals surface area contributed by atoms with Crippen LogP contribution in [0.5, 0.6) is 5.75 Å². The number of nitrogens with one attached hydrogen (secondary N) is 4. The number of alkyl carbamates (subject to hydrolysis) is 2. The van der Waals surface area contributed by atoms with Crippen LogP contribution in [0.15, 0.2) is 55.0 Å². The Morgan fingerprint density at radius 3 is 2.10 bits per heavy atom. The van der Waals surface area contributed by atoms with Gasteiger partial charge in [-0.3, -0.25) is 14.2 Å². The summed E-state index contributed by atoms with van der Waals surface area (Å²) in [7, 11) is 2.60. The minimum atomic E-state index is -0.737. The first-order valence-electron chi connectivity index (χ1n) is 24.6. The number of thiazole rings is 1. The Kier molecular flexibility index (Phi) is 12.7. The summed E-state index contributed by atoms with van der Waals surface area (Å²) in [6, 6.07) is 10.8. The summed E-state index contributed by atoms with van der Waals surface area (Å²) in [6.45, 7) is 12.4. The molecular weight excluding hydrogens is 909 g/mol. The number of aryl methyl sites for hydroxylation is 1. The van der Waals surface area contributed by atoms with Crippen LogP contribution in [-0.2, 0) is 19.1 Å². The van der Waals surface area contributed by atoms with E-state index in [0.717, 1.165) is 111 Å². The quantitative estimate of drug-likeness (QED) is 0.0915. The zero-order valence-electron chi connectivity index (χ0n) is 41.0. The van der Waals surface area contributed by atoms with Gasteiger partial charge in [0.25, 0.3) is 0 Å². The molecule has 3 fully saturated rings. The molecule has 0 spiro atoms. The van der Waals surface area contributed by atoms with E-state index in [0.29, 0.717) is 24.1 Å². The molecule has 18 heteroatoms. The van der Waals surface area contributed by atoms with Crippen LogP contribution in [0.3, 0.4) is 0 Å². The largest absolute Gasteiger partial charge is 0.464 e. The Bertz CT molecular complexity index is 2970. The number of aromatic amines is 2. The highest BCUT2D eigenvalue weighted by Crippen LogP contribution is 2.50. The summed E-state index contributed by atoms with van der Waals surface area (Å²) in [5.74, 6) is 2.07. The average molecular weight is 971 g/mol. The molecule has 2 aromatic carbocycles. The molecule has 4 aliphatic rings. The zero-order chi connectivity index (χ0) is 49.1. The number of hydrogen-bond donors (Lipinski definition) is 4. The molecule has 1 saturated carbocycles. The first kappa shape index (κ1) is 47.0. The molecule has 2 saturated heterocycles. The number of fused-ring (bicyclic) bond motifs is 5. The van der Waals surface area contributed by atoms with Gasteiger partial charge in [-0.1, -0.05) is 33.8 Å². The summed E-state index contributed by atoms with van der Waals surface area (Å²) in [5.41, 5.74) is 7.59. The molecule has 3 aliphatic heterocycles. The molecule has 0 radical (unpaired) electrons. The van der Waals surface area contributed by atoms with Gasteiger partial charge < -0.3 is 44.6 Å². The summed E-state index contributed by atoms with van der Waals surface area (Å²) < 4.78 is 19.1. The Labute approximate surface area is 411 Å². The lowest BCUT2D eigenvalue weighted by atomic mass is 9.93. The number of rotatable bonds is 12. The third kappa shape index (κ3) is 8.68. The number of likely N-dealkylation sites (tertiary alicyclic amines) is 2. The first-order valence-corrected chi connectivity index (χ1v) is 25.4. The maximum absolute atomic E-state index is 14.2. The molecule has 368 valence electrons. The molecule has 17 nitrogen and oxygen atoms in total. The molecular formula is C52H62N10O7S. The lowest BCUT2D eigenvalue weighted by Crippen LogP contribution is -2.55. The zero-order valence-corrected chi connectivity index (χ0v) is 41.8. The van der Waals surface area contributed by atoms with E-state index in [1.54, 1.807) is 11.3 Å². The lowest BCUT2D eigenvalue weighted by Gasteiger charge is -2.42. The number of nitrogens with zero attached hydrogens (tertiary/aromatic N) is 6. The molecule has 10 rings (SSSR count). The van der Waals surface area contributed by atoms with Gasteiger partial charge in [0.1, 0.15) is 29.5 Å². The molecule has 70 heavy (non-hydrogen) atoms. The molecule has 4 aromatic heterocycles. The van der Waals surface area contributed by atoms with E-state index in [9.17, 15) is 19.2 Å². The Morgan fingerprint density at radius 1 is 0.771 bits per heavy atom. The molecule has 1 aliphatic carbocycles. The Balaban J connectivity index is 0.972. The van der Waals surface area contributed by atoms with Crippen LogP contribution in [-0.4, -0.2) is 102 Å². The van der Waals surface area contributed by atoms with Crippen LogP contribution >= 0.6 is 11.3 Å². The standard InChI is InChI=1S/C52H62N10O7S/c1-26(2)43(58-51(65)67-7)48(63)60-18-10-13-37(60)45-53-24-35(57-45)32-19-28(5)42-39-21-33-20-31(16-17-36(33)62(39)50(69-40(42)22-32)41-25-55-47(70-41)30-14-15-30)34-23-54-46(56-34)38-12-9-11-29(6)61(38)49(64)44(27(3)4)59-52(66)68-8/h16-17,19-27,29-30,37-38,43-44,50H,9-15,18H2,1-8H3,(H,53,57)(H,54,56)(H,58,65)(H,59,66)/t29?,37-,38-,43-,44-,50?/m0/s1. The van der Waals surface area contributed by atoms with Crippen LogP contribution in [0, 0.1) is 18.8 Å². The van der Waals surface area contributed by atoms with E-state index in [1.807, 2.05) is 56.1 Å². The van der Waals surface area contributed by atoms with Crippen molar-refractivity contribution < 1.29 is 33.4 Å². The number of ether oxygens (including phenoxy) is 3. The van der Waals surface area contributed by atoms with E-state index < -0.39 is 30.5 Å². The maximum Gasteiger partial charge on any atom is 0.407 e. The lowest BCUT2D eigenvalue weighted by molar-refractivity contribution is -0.141. The SMILES string of the molecule is COC(=O)N[C@H](C(=O)N1CCC[C@H]1c1ncc(-c2cc(C)c3c(c2)OC(c2cnc(C4CC4)s2)n2c-3cc3cc(-c4cnc([C@@H]5CCCC(C)N5C(=O)[C@@H](NC(=O)OC)C(C)C)[nH]4)ccc32)[nH]1)C(C)C. The number of piperidine rings is 1. The Hall–Kier alpha value is -6.69. The topological polar surface area (TPSA) is 202 Å². The molecule has 4 N–H and O–H groups in total. The average Bonchev–Trinajstić information content (AvgIpc) is 3.94. The van der Waals surface area contributed by atoms with Gasteiger partial charge in [-0.25, -0.2) is 24.5 Å².